The summed E-state index contributed by atoms with van der Waals surface area (Å²) in [5, 5.41) is 10.7. The Labute approximate surface area is 113 Å². The van der Waals surface area contributed by atoms with Crippen LogP contribution in [0.2, 0.25) is 0 Å². The number of aryl methyl sites for hydroxylation is 1. The van der Waals surface area contributed by atoms with Gasteiger partial charge in [0.25, 0.3) is 5.69 Å². The molecule has 7 nitrogen and oxygen atoms in total. The second-order valence-corrected chi connectivity index (χ2v) is 4.37. The van der Waals surface area contributed by atoms with E-state index in [-0.39, 0.29) is 5.69 Å². The molecular formula is C13H11N5O2. The number of benzene rings is 1. The Morgan fingerprint density at radius 3 is 2.80 bits per heavy atom. The molecule has 2 aromatic heterocycles. The molecule has 2 heterocycles. The standard InChI is InChI=1S/C13H11N5O2/c1-17-12(16-11-3-2-6-15-13(11)17)9-5-4-8(18(19)20)7-10(9)14/h2-7H,14H2,1H3. The summed E-state index contributed by atoms with van der Waals surface area (Å²) in [4.78, 5) is 19.0. The molecule has 0 amide bonds. The number of pyridine rings is 1. The van der Waals surface area contributed by atoms with Crippen molar-refractivity contribution in [2.24, 2.45) is 7.05 Å². The molecule has 20 heavy (non-hydrogen) atoms. The Hall–Kier alpha value is -2.96. The van der Waals surface area contributed by atoms with Crippen LogP contribution >= 0.6 is 0 Å². The third-order valence-corrected chi connectivity index (χ3v) is 3.11. The zero-order chi connectivity index (χ0) is 14.3. The van der Waals surface area contributed by atoms with E-state index in [4.69, 9.17) is 5.73 Å². The van der Waals surface area contributed by atoms with E-state index >= 15 is 0 Å². The summed E-state index contributed by atoms with van der Waals surface area (Å²) in [6.45, 7) is 0. The summed E-state index contributed by atoms with van der Waals surface area (Å²) in [6, 6.07) is 8.01. The average molecular weight is 269 g/mol. The molecule has 0 saturated heterocycles. The number of nitrogen functional groups attached to an aromatic ring is 1. The van der Waals surface area contributed by atoms with Crippen molar-refractivity contribution in [1.29, 1.82) is 0 Å². The first-order valence-corrected chi connectivity index (χ1v) is 5.89. The average Bonchev–Trinajstić information content (AvgIpc) is 2.76. The van der Waals surface area contributed by atoms with E-state index < -0.39 is 4.92 Å². The zero-order valence-electron chi connectivity index (χ0n) is 10.6. The predicted octanol–water partition coefficient (Wildman–Crippen LogP) is 2.13. The van der Waals surface area contributed by atoms with Crippen LogP contribution in [0.3, 0.4) is 0 Å². The largest absolute Gasteiger partial charge is 0.398 e. The molecule has 2 N–H and O–H groups in total. The highest BCUT2D eigenvalue weighted by Crippen LogP contribution is 2.30. The lowest BCUT2D eigenvalue weighted by Gasteiger charge is -2.05. The van der Waals surface area contributed by atoms with Crippen molar-refractivity contribution in [1.82, 2.24) is 14.5 Å². The molecule has 0 aliphatic rings. The summed E-state index contributed by atoms with van der Waals surface area (Å²) >= 11 is 0. The molecular weight excluding hydrogens is 258 g/mol. The summed E-state index contributed by atoms with van der Waals surface area (Å²) < 4.78 is 1.81. The Morgan fingerprint density at radius 1 is 1.35 bits per heavy atom. The number of nitrogens with two attached hydrogens (primary N) is 1. The molecule has 0 aliphatic carbocycles. The number of nitrogens with zero attached hydrogens (tertiary/aromatic N) is 4. The van der Waals surface area contributed by atoms with Crippen molar-refractivity contribution in [3.8, 4) is 11.4 Å². The van der Waals surface area contributed by atoms with Gasteiger partial charge in [-0.1, -0.05) is 0 Å². The number of rotatable bonds is 2. The van der Waals surface area contributed by atoms with Crippen molar-refractivity contribution < 1.29 is 4.92 Å². The van der Waals surface area contributed by atoms with Gasteiger partial charge in [0.15, 0.2) is 5.65 Å². The number of nitro benzene ring substituents is 1. The molecule has 0 atom stereocenters. The van der Waals surface area contributed by atoms with Gasteiger partial charge < -0.3 is 10.3 Å². The number of non-ortho nitro benzene ring substituents is 1. The summed E-state index contributed by atoms with van der Waals surface area (Å²) in [6.07, 6.45) is 1.69. The summed E-state index contributed by atoms with van der Waals surface area (Å²) in [5.74, 6) is 0.631. The highest BCUT2D eigenvalue weighted by Gasteiger charge is 2.15. The topological polar surface area (TPSA) is 99.9 Å². The quantitative estimate of drug-likeness (QED) is 0.436. The number of imidazole rings is 1. The van der Waals surface area contributed by atoms with Crippen LogP contribution in [0.15, 0.2) is 36.5 Å². The van der Waals surface area contributed by atoms with Gasteiger partial charge in [-0.15, -0.1) is 0 Å². The number of hydrogen-bond acceptors (Lipinski definition) is 5. The molecule has 0 fully saturated rings. The highest BCUT2D eigenvalue weighted by molar-refractivity contribution is 5.81. The SMILES string of the molecule is Cn1c(-c2ccc([N+](=O)[O-])cc2N)nc2cccnc21. The van der Waals surface area contributed by atoms with E-state index in [9.17, 15) is 10.1 Å². The molecule has 0 radical (unpaired) electrons. The van der Waals surface area contributed by atoms with Crippen molar-refractivity contribution in [3.05, 3.63) is 46.6 Å². The predicted molar refractivity (Wildman–Crippen MR) is 75.0 cm³/mol. The van der Waals surface area contributed by atoms with E-state index in [0.717, 1.165) is 11.2 Å². The van der Waals surface area contributed by atoms with Crippen molar-refractivity contribution in [2.75, 3.05) is 5.73 Å². The molecule has 100 valence electrons. The third kappa shape index (κ3) is 1.76. The van der Waals surface area contributed by atoms with Gasteiger partial charge in [-0.25, -0.2) is 9.97 Å². The van der Waals surface area contributed by atoms with Crippen molar-refractivity contribution in [2.45, 2.75) is 0 Å². The van der Waals surface area contributed by atoms with E-state index in [1.165, 1.54) is 12.1 Å². The lowest BCUT2D eigenvalue weighted by Crippen LogP contribution is -1.98. The van der Waals surface area contributed by atoms with Crippen molar-refractivity contribution in [3.63, 3.8) is 0 Å². The molecule has 3 rings (SSSR count). The van der Waals surface area contributed by atoms with Crippen LogP contribution in [0, 0.1) is 10.1 Å². The molecule has 7 heteroatoms. The number of anilines is 1. The first-order chi connectivity index (χ1) is 9.58. The van der Waals surface area contributed by atoms with Gasteiger partial charge in [0, 0.05) is 36.6 Å². The Morgan fingerprint density at radius 2 is 2.15 bits per heavy atom. The lowest BCUT2D eigenvalue weighted by atomic mass is 10.1. The highest BCUT2D eigenvalue weighted by atomic mass is 16.6. The second kappa shape index (κ2) is 4.30. The number of aromatic nitrogens is 3. The zero-order valence-corrected chi connectivity index (χ0v) is 10.6. The molecule has 0 spiro atoms. The maximum absolute atomic E-state index is 10.7. The van der Waals surface area contributed by atoms with Crippen LogP contribution in [-0.4, -0.2) is 19.5 Å². The minimum Gasteiger partial charge on any atom is -0.398 e. The van der Waals surface area contributed by atoms with Crippen LogP contribution in [0.5, 0.6) is 0 Å². The van der Waals surface area contributed by atoms with Crippen LogP contribution in [0.4, 0.5) is 11.4 Å². The maximum Gasteiger partial charge on any atom is 0.271 e. The van der Waals surface area contributed by atoms with Crippen molar-refractivity contribution >= 4 is 22.5 Å². The van der Waals surface area contributed by atoms with Gasteiger partial charge in [-0.05, 0) is 18.2 Å². The summed E-state index contributed by atoms with van der Waals surface area (Å²) in [7, 11) is 1.83. The van der Waals surface area contributed by atoms with E-state index in [1.54, 1.807) is 18.3 Å². The third-order valence-electron chi connectivity index (χ3n) is 3.11. The van der Waals surface area contributed by atoms with Crippen LogP contribution in [-0.2, 0) is 7.05 Å². The van der Waals surface area contributed by atoms with Gasteiger partial charge in [0.2, 0.25) is 0 Å². The Bertz CT molecular complexity index is 825. The Balaban J connectivity index is 2.20. The van der Waals surface area contributed by atoms with Crippen LogP contribution in [0.25, 0.3) is 22.6 Å². The summed E-state index contributed by atoms with van der Waals surface area (Å²) in [5.41, 5.74) is 8.32. The minimum atomic E-state index is -0.476. The number of fused-ring (bicyclic) bond motifs is 1. The fraction of sp³-hybridized carbons (Fsp3) is 0.0769. The van der Waals surface area contributed by atoms with E-state index in [1.807, 2.05) is 17.7 Å². The van der Waals surface area contributed by atoms with E-state index in [0.29, 0.717) is 17.1 Å². The maximum atomic E-state index is 10.7. The molecule has 0 bridgehead atoms. The monoisotopic (exact) mass is 269 g/mol. The van der Waals surface area contributed by atoms with Gasteiger partial charge in [0.05, 0.1) is 4.92 Å². The fourth-order valence-electron chi connectivity index (χ4n) is 2.13. The van der Waals surface area contributed by atoms with Gasteiger partial charge in [-0.2, -0.15) is 0 Å². The smallest absolute Gasteiger partial charge is 0.271 e. The molecule has 0 aliphatic heterocycles. The van der Waals surface area contributed by atoms with Gasteiger partial charge >= 0.3 is 0 Å². The molecule has 3 aromatic rings. The molecule has 0 unspecified atom stereocenters. The normalized spacial score (nSPS) is 10.8. The Kier molecular flexibility index (Phi) is 2.60. The number of nitro groups is 1. The first kappa shape index (κ1) is 12.1. The number of hydrogen-bond donors (Lipinski definition) is 1. The molecule has 1 aromatic carbocycles. The van der Waals surface area contributed by atoms with Gasteiger partial charge in [0.1, 0.15) is 11.3 Å². The molecule has 0 saturated carbocycles. The lowest BCUT2D eigenvalue weighted by molar-refractivity contribution is -0.384. The van der Waals surface area contributed by atoms with Crippen LogP contribution < -0.4 is 5.73 Å². The fourth-order valence-corrected chi connectivity index (χ4v) is 2.13. The van der Waals surface area contributed by atoms with Gasteiger partial charge in [-0.3, -0.25) is 10.1 Å². The van der Waals surface area contributed by atoms with Crippen LogP contribution in [0.1, 0.15) is 0 Å². The first-order valence-electron chi connectivity index (χ1n) is 5.89. The van der Waals surface area contributed by atoms with E-state index in [2.05, 4.69) is 9.97 Å². The second-order valence-electron chi connectivity index (χ2n) is 4.37. The minimum absolute atomic E-state index is 0.0388.